The second-order valence-corrected chi connectivity index (χ2v) is 4.68. The van der Waals surface area contributed by atoms with Gasteiger partial charge in [-0.3, -0.25) is 0 Å². The van der Waals surface area contributed by atoms with Crippen molar-refractivity contribution in [3.63, 3.8) is 0 Å². The number of rotatable bonds is 2. The van der Waals surface area contributed by atoms with Crippen LogP contribution in [0.4, 0.5) is 13.6 Å². The average Bonchev–Trinajstić information content (AvgIpc) is 2.85. The Bertz CT molecular complexity index is 882. The molecule has 0 radical (unpaired) electrons. The molecule has 0 saturated heterocycles. The molecule has 3 aromatic rings. The Morgan fingerprint density at radius 2 is 1.73 bits per heavy atom. The highest BCUT2D eigenvalue weighted by Gasteiger charge is 2.12. The Kier molecular flexibility index (Phi) is 3.42. The van der Waals surface area contributed by atoms with E-state index in [2.05, 4.69) is 5.10 Å². The number of nitrogens with zero attached hydrogens (tertiary/aromatic N) is 2. The maximum absolute atomic E-state index is 13.3. The number of carbonyl (C=O) groups excluding carboxylic acids is 1. The van der Waals surface area contributed by atoms with Crippen molar-refractivity contribution in [1.82, 2.24) is 9.78 Å². The quantitative estimate of drug-likeness (QED) is 0.788. The third-order valence-electron chi connectivity index (χ3n) is 3.18. The Hall–Kier alpha value is -3.02. The number of aromatic nitrogens is 2. The molecule has 2 aromatic carbocycles. The summed E-state index contributed by atoms with van der Waals surface area (Å²) >= 11 is 0. The maximum Gasteiger partial charge on any atom is 0.340 e. The van der Waals surface area contributed by atoms with Gasteiger partial charge in [-0.05, 0) is 35.9 Å². The topological polar surface area (TPSA) is 60.9 Å². The predicted molar refractivity (Wildman–Crippen MR) is 80.0 cm³/mol. The van der Waals surface area contributed by atoms with Gasteiger partial charge in [-0.1, -0.05) is 18.2 Å². The van der Waals surface area contributed by atoms with Crippen LogP contribution in [0.3, 0.4) is 0 Å². The number of amides is 1. The van der Waals surface area contributed by atoms with Crippen molar-refractivity contribution in [2.24, 2.45) is 5.73 Å². The van der Waals surface area contributed by atoms with Crippen molar-refractivity contribution in [1.29, 1.82) is 0 Å². The summed E-state index contributed by atoms with van der Waals surface area (Å²) in [5, 5.41) is 4.67. The summed E-state index contributed by atoms with van der Waals surface area (Å²) < 4.78 is 27.1. The van der Waals surface area contributed by atoms with E-state index in [4.69, 9.17) is 5.73 Å². The molecule has 1 amide bonds. The van der Waals surface area contributed by atoms with E-state index in [1.807, 2.05) is 0 Å². The first-order valence-electron chi connectivity index (χ1n) is 6.46. The summed E-state index contributed by atoms with van der Waals surface area (Å²) in [5.41, 5.74) is 6.78. The molecule has 2 N–H and O–H groups in total. The molecule has 0 aliphatic heterocycles. The fourth-order valence-electron chi connectivity index (χ4n) is 2.15. The van der Waals surface area contributed by atoms with Crippen molar-refractivity contribution in [3.8, 4) is 0 Å². The SMILES string of the molecule is NC(=O)n1nc(/C=C/c2ccc(F)cc2)c2ccc(F)cc21. The molecule has 1 heterocycles. The third kappa shape index (κ3) is 2.58. The number of carbonyl (C=O) groups is 1. The van der Waals surface area contributed by atoms with Gasteiger partial charge in [0.25, 0.3) is 0 Å². The van der Waals surface area contributed by atoms with Gasteiger partial charge in [0.15, 0.2) is 0 Å². The highest BCUT2D eigenvalue weighted by Crippen LogP contribution is 2.21. The smallest absolute Gasteiger partial charge is 0.340 e. The fourth-order valence-corrected chi connectivity index (χ4v) is 2.15. The van der Waals surface area contributed by atoms with Crippen molar-refractivity contribution in [2.45, 2.75) is 0 Å². The van der Waals surface area contributed by atoms with Crippen LogP contribution in [0.2, 0.25) is 0 Å². The zero-order valence-electron chi connectivity index (χ0n) is 11.3. The summed E-state index contributed by atoms with van der Waals surface area (Å²) in [7, 11) is 0. The van der Waals surface area contributed by atoms with Gasteiger partial charge in [-0.25, -0.2) is 13.6 Å². The van der Waals surface area contributed by atoms with Gasteiger partial charge >= 0.3 is 6.03 Å². The van der Waals surface area contributed by atoms with Crippen LogP contribution in [-0.4, -0.2) is 15.8 Å². The van der Waals surface area contributed by atoms with Crippen LogP contribution >= 0.6 is 0 Å². The molecule has 0 spiro atoms. The molecular formula is C16H11F2N3O. The first-order chi connectivity index (χ1) is 10.5. The molecule has 0 bridgehead atoms. The minimum absolute atomic E-state index is 0.297. The molecule has 0 aliphatic rings. The monoisotopic (exact) mass is 299 g/mol. The van der Waals surface area contributed by atoms with Crippen molar-refractivity contribution in [3.05, 3.63) is 65.4 Å². The Labute approximate surface area is 124 Å². The summed E-state index contributed by atoms with van der Waals surface area (Å²) in [6, 6.07) is 9.12. The molecular weight excluding hydrogens is 288 g/mol. The van der Waals surface area contributed by atoms with Gasteiger partial charge < -0.3 is 5.73 Å². The molecule has 1 aromatic heterocycles. The minimum atomic E-state index is -0.794. The molecule has 3 rings (SSSR count). The van der Waals surface area contributed by atoms with Crippen LogP contribution < -0.4 is 5.73 Å². The summed E-state index contributed by atoms with van der Waals surface area (Å²) in [4.78, 5) is 11.4. The van der Waals surface area contributed by atoms with E-state index in [0.29, 0.717) is 16.6 Å². The van der Waals surface area contributed by atoms with Gasteiger partial charge in [0.2, 0.25) is 0 Å². The molecule has 0 aliphatic carbocycles. The summed E-state index contributed by atoms with van der Waals surface area (Å²) in [6.45, 7) is 0. The fraction of sp³-hybridized carbons (Fsp3) is 0. The summed E-state index contributed by atoms with van der Waals surface area (Å²) in [6.07, 6.45) is 3.38. The molecule has 0 saturated carbocycles. The average molecular weight is 299 g/mol. The first kappa shape index (κ1) is 13.9. The second-order valence-electron chi connectivity index (χ2n) is 4.68. The lowest BCUT2D eigenvalue weighted by Gasteiger charge is -1.95. The second kappa shape index (κ2) is 5.40. The molecule has 4 nitrogen and oxygen atoms in total. The van der Waals surface area contributed by atoms with E-state index in [-0.39, 0.29) is 5.82 Å². The number of nitrogens with two attached hydrogens (primary N) is 1. The highest BCUT2D eigenvalue weighted by molar-refractivity contribution is 5.95. The normalized spacial score (nSPS) is 11.4. The van der Waals surface area contributed by atoms with E-state index in [1.54, 1.807) is 24.3 Å². The Morgan fingerprint density at radius 1 is 1.05 bits per heavy atom. The largest absolute Gasteiger partial charge is 0.350 e. The van der Waals surface area contributed by atoms with Crippen LogP contribution in [-0.2, 0) is 0 Å². The van der Waals surface area contributed by atoms with Gasteiger partial charge in [0.05, 0.1) is 11.2 Å². The van der Waals surface area contributed by atoms with Gasteiger partial charge in [-0.15, -0.1) is 0 Å². The number of fused-ring (bicyclic) bond motifs is 1. The standard InChI is InChI=1S/C16H11F2N3O/c17-11-4-1-10(2-5-11)3-8-14-13-7-6-12(18)9-15(13)21(20-14)16(19)22/h1-9H,(H2,19,22)/b8-3+. The van der Waals surface area contributed by atoms with Gasteiger partial charge in [0.1, 0.15) is 11.6 Å². The number of hydrogen-bond acceptors (Lipinski definition) is 2. The maximum atomic E-state index is 13.3. The highest BCUT2D eigenvalue weighted by atomic mass is 19.1. The Morgan fingerprint density at radius 3 is 2.41 bits per heavy atom. The molecule has 110 valence electrons. The lowest BCUT2D eigenvalue weighted by Crippen LogP contribution is -2.20. The van der Waals surface area contributed by atoms with Crippen molar-refractivity contribution in [2.75, 3.05) is 0 Å². The lowest BCUT2D eigenvalue weighted by atomic mass is 10.1. The van der Waals surface area contributed by atoms with Gasteiger partial charge in [-0.2, -0.15) is 9.78 Å². The Balaban J connectivity index is 2.07. The number of halogens is 2. The van der Waals surface area contributed by atoms with Crippen LogP contribution in [0.25, 0.3) is 23.1 Å². The van der Waals surface area contributed by atoms with Crippen LogP contribution in [0.15, 0.2) is 42.5 Å². The summed E-state index contributed by atoms with van der Waals surface area (Å²) in [5.74, 6) is -0.806. The number of hydrogen-bond donors (Lipinski definition) is 1. The molecule has 0 fully saturated rings. The molecule has 0 atom stereocenters. The van der Waals surface area contributed by atoms with Crippen molar-refractivity contribution >= 4 is 29.1 Å². The van der Waals surface area contributed by atoms with Crippen LogP contribution in [0.5, 0.6) is 0 Å². The van der Waals surface area contributed by atoms with E-state index in [0.717, 1.165) is 10.2 Å². The molecule has 6 heteroatoms. The first-order valence-corrected chi connectivity index (χ1v) is 6.46. The van der Waals surface area contributed by atoms with E-state index in [9.17, 15) is 13.6 Å². The lowest BCUT2D eigenvalue weighted by molar-refractivity contribution is 0.248. The van der Waals surface area contributed by atoms with Gasteiger partial charge in [0, 0.05) is 11.5 Å². The number of benzene rings is 2. The zero-order valence-corrected chi connectivity index (χ0v) is 11.3. The third-order valence-corrected chi connectivity index (χ3v) is 3.18. The van der Waals surface area contributed by atoms with E-state index in [1.165, 1.54) is 30.3 Å². The van der Waals surface area contributed by atoms with E-state index < -0.39 is 11.8 Å². The predicted octanol–water partition coefficient (Wildman–Crippen LogP) is 3.41. The molecule has 0 unspecified atom stereocenters. The number of primary amides is 1. The van der Waals surface area contributed by atoms with Crippen LogP contribution in [0, 0.1) is 11.6 Å². The van der Waals surface area contributed by atoms with Crippen LogP contribution in [0.1, 0.15) is 11.3 Å². The van der Waals surface area contributed by atoms with Crippen molar-refractivity contribution < 1.29 is 13.6 Å². The van der Waals surface area contributed by atoms with E-state index >= 15 is 0 Å². The minimum Gasteiger partial charge on any atom is -0.350 e. The zero-order chi connectivity index (χ0) is 15.7. The molecule has 22 heavy (non-hydrogen) atoms.